The van der Waals surface area contributed by atoms with E-state index in [4.69, 9.17) is 10.2 Å². The normalized spacial score (nSPS) is 19.3. The highest BCUT2D eigenvalue weighted by molar-refractivity contribution is 7.89. The van der Waals surface area contributed by atoms with E-state index in [2.05, 4.69) is 11.8 Å². The van der Waals surface area contributed by atoms with Gasteiger partial charge < -0.3 is 10.2 Å². The van der Waals surface area contributed by atoms with Gasteiger partial charge in [-0.3, -0.25) is 0 Å². The first-order valence-electron chi connectivity index (χ1n) is 6.80. The van der Waals surface area contributed by atoms with Crippen LogP contribution in [0.25, 0.3) is 0 Å². The molecule has 0 amide bonds. The highest BCUT2D eigenvalue weighted by Crippen LogP contribution is 2.25. The van der Waals surface area contributed by atoms with Crippen LogP contribution in [0, 0.1) is 24.7 Å². The van der Waals surface area contributed by atoms with Crippen LogP contribution in [0.3, 0.4) is 0 Å². The Morgan fingerprint density at radius 1 is 1.38 bits per heavy atom. The second kappa shape index (κ2) is 6.58. The molecule has 21 heavy (non-hydrogen) atoms. The zero-order chi connectivity index (χ0) is 15.5. The molecule has 0 spiro atoms. The maximum atomic E-state index is 12.5. The number of rotatable bonds is 3. The number of hydrogen-bond acceptors (Lipinski definition) is 4. The van der Waals surface area contributed by atoms with Crippen LogP contribution >= 0.6 is 0 Å². The van der Waals surface area contributed by atoms with Gasteiger partial charge in [-0.1, -0.05) is 11.8 Å². The van der Waals surface area contributed by atoms with Crippen molar-refractivity contribution in [1.82, 2.24) is 4.31 Å². The molecule has 2 N–H and O–H groups in total. The van der Waals surface area contributed by atoms with Gasteiger partial charge in [0.15, 0.2) is 0 Å². The summed E-state index contributed by atoms with van der Waals surface area (Å²) in [5.74, 6) is 5.36. The fourth-order valence-electron chi connectivity index (χ4n) is 2.39. The molecule has 1 fully saturated rings. The Morgan fingerprint density at radius 3 is 2.71 bits per heavy atom. The van der Waals surface area contributed by atoms with Crippen molar-refractivity contribution >= 4 is 10.0 Å². The predicted octanol–water partition coefficient (Wildman–Crippen LogP) is 0.342. The fourth-order valence-corrected chi connectivity index (χ4v) is 4.00. The Balaban J connectivity index is 2.27. The third-order valence-corrected chi connectivity index (χ3v) is 5.51. The van der Waals surface area contributed by atoms with Gasteiger partial charge in [0, 0.05) is 25.3 Å². The van der Waals surface area contributed by atoms with Gasteiger partial charge in [-0.15, -0.1) is 0 Å². The fraction of sp³-hybridized carbons (Fsp3) is 0.467. The lowest BCUT2D eigenvalue weighted by molar-refractivity contribution is 0.233. The smallest absolute Gasteiger partial charge is 0.243 e. The zero-order valence-corrected chi connectivity index (χ0v) is 12.7. The first-order valence-corrected chi connectivity index (χ1v) is 8.24. The van der Waals surface area contributed by atoms with Crippen molar-refractivity contribution in [3.8, 4) is 11.8 Å². The van der Waals surface area contributed by atoms with Crippen molar-refractivity contribution in [1.29, 1.82) is 0 Å². The van der Waals surface area contributed by atoms with Crippen molar-refractivity contribution in [3.63, 3.8) is 0 Å². The van der Waals surface area contributed by atoms with E-state index in [1.54, 1.807) is 19.1 Å². The summed E-state index contributed by atoms with van der Waals surface area (Å²) in [5, 5.41) is 17.8. The zero-order valence-electron chi connectivity index (χ0n) is 11.9. The van der Waals surface area contributed by atoms with Crippen LogP contribution in [0.4, 0.5) is 0 Å². The van der Waals surface area contributed by atoms with Crippen LogP contribution in [0.1, 0.15) is 17.5 Å². The second-order valence-corrected chi connectivity index (χ2v) is 7.07. The monoisotopic (exact) mass is 309 g/mol. The van der Waals surface area contributed by atoms with E-state index in [9.17, 15) is 8.42 Å². The molecule has 1 aromatic rings. The van der Waals surface area contributed by atoms with E-state index in [1.807, 2.05) is 0 Å². The van der Waals surface area contributed by atoms with Crippen molar-refractivity contribution < 1.29 is 18.6 Å². The van der Waals surface area contributed by atoms with Crippen molar-refractivity contribution in [3.05, 3.63) is 29.3 Å². The number of aryl methyl sites for hydroxylation is 1. The standard InChI is InChI=1S/C15H19NO4S/c1-12-9-15(5-4-14(12)3-2-8-17)21(19,20)16-7-6-13(10-16)11-18/h4-5,9,13,17-18H,6-8,10-11H2,1H3. The average molecular weight is 309 g/mol. The molecule has 0 saturated carbocycles. The van der Waals surface area contributed by atoms with Gasteiger partial charge in [0.25, 0.3) is 0 Å². The number of sulfonamides is 1. The Morgan fingerprint density at radius 2 is 2.14 bits per heavy atom. The molecule has 1 aliphatic rings. The lowest BCUT2D eigenvalue weighted by Gasteiger charge is -2.17. The molecule has 6 heteroatoms. The molecule has 1 saturated heterocycles. The van der Waals surface area contributed by atoms with E-state index < -0.39 is 10.0 Å². The Bertz CT molecular complexity index is 673. The summed E-state index contributed by atoms with van der Waals surface area (Å²) in [6, 6.07) is 4.80. The number of nitrogens with zero attached hydrogens (tertiary/aromatic N) is 1. The number of hydrogen-bond donors (Lipinski definition) is 2. The van der Waals surface area contributed by atoms with Gasteiger partial charge in [-0.05, 0) is 43.0 Å². The van der Waals surface area contributed by atoms with Gasteiger partial charge in [0.1, 0.15) is 6.61 Å². The van der Waals surface area contributed by atoms with Crippen molar-refractivity contribution in [2.75, 3.05) is 26.3 Å². The van der Waals surface area contributed by atoms with Crippen LogP contribution in [0.5, 0.6) is 0 Å². The summed E-state index contributed by atoms with van der Waals surface area (Å²) < 4.78 is 26.5. The number of aliphatic hydroxyl groups is 2. The molecule has 0 bridgehead atoms. The van der Waals surface area contributed by atoms with Gasteiger partial charge in [-0.2, -0.15) is 4.31 Å². The highest BCUT2D eigenvalue weighted by Gasteiger charge is 2.32. The molecule has 1 heterocycles. The van der Waals surface area contributed by atoms with E-state index in [0.29, 0.717) is 25.1 Å². The molecule has 1 aliphatic heterocycles. The Hall–Kier alpha value is -1.39. The maximum Gasteiger partial charge on any atom is 0.243 e. The molecule has 114 valence electrons. The third kappa shape index (κ3) is 3.44. The van der Waals surface area contributed by atoms with E-state index >= 15 is 0 Å². The van der Waals surface area contributed by atoms with Gasteiger partial charge in [0.05, 0.1) is 4.90 Å². The highest BCUT2D eigenvalue weighted by atomic mass is 32.2. The molecular weight excluding hydrogens is 290 g/mol. The lowest BCUT2D eigenvalue weighted by atomic mass is 10.1. The molecule has 1 aromatic carbocycles. The molecule has 0 aromatic heterocycles. The first-order chi connectivity index (χ1) is 9.98. The summed E-state index contributed by atoms with van der Waals surface area (Å²) >= 11 is 0. The molecular formula is C15H19NO4S. The van der Waals surface area contributed by atoms with Gasteiger partial charge in [-0.25, -0.2) is 8.42 Å². The van der Waals surface area contributed by atoms with Crippen molar-refractivity contribution in [2.24, 2.45) is 5.92 Å². The summed E-state index contributed by atoms with van der Waals surface area (Å²) in [4.78, 5) is 0.244. The molecule has 1 unspecified atom stereocenters. The summed E-state index contributed by atoms with van der Waals surface area (Å²) in [7, 11) is -3.52. The van der Waals surface area contributed by atoms with E-state index in [1.165, 1.54) is 10.4 Å². The largest absolute Gasteiger partial charge is 0.396 e. The Labute approximate surface area is 125 Å². The molecule has 2 rings (SSSR count). The number of benzene rings is 1. The minimum absolute atomic E-state index is 0.0146. The van der Waals surface area contributed by atoms with Crippen LogP contribution in [0.15, 0.2) is 23.1 Å². The van der Waals surface area contributed by atoms with Crippen LogP contribution in [-0.4, -0.2) is 49.2 Å². The first kappa shape index (κ1) is 16.0. The molecule has 5 nitrogen and oxygen atoms in total. The second-order valence-electron chi connectivity index (χ2n) is 5.14. The molecule has 0 radical (unpaired) electrons. The Kier molecular flexibility index (Phi) is 5.01. The summed E-state index contributed by atoms with van der Waals surface area (Å²) in [6.45, 7) is 2.39. The topological polar surface area (TPSA) is 77.8 Å². The van der Waals surface area contributed by atoms with E-state index in [-0.39, 0.29) is 24.0 Å². The third-order valence-electron chi connectivity index (χ3n) is 3.64. The minimum atomic E-state index is -3.52. The van der Waals surface area contributed by atoms with Crippen LogP contribution in [-0.2, 0) is 10.0 Å². The quantitative estimate of drug-likeness (QED) is 0.790. The number of aliphatic hydroxyl groups excluding tert-OH is 2. The van der Waals surface area contributed by atoms with Gasteiger partial charge in [0.2, 0.25) is 10.0 Å². The predicted molar refractivity (Wildman–Crippen MR) is 79.1 cm³/mol. The lowest BCUT2D eigenvalue weighted by Crippen LogP contribution is -2.29. The van der Waals surface area contributed by atoms with Crippen LogP contribution < -0.4 is 0 Å². The van der Waals surface area contributed by atoms with Gasteiger partial charge >= 0.3 is 0 Å². The average Bonchev–Trinajstić information content (AvgIpc) is 2.95. The SMILES string of the molecule is Cc1cc(S(=O)(=O)N2CCC(CO)C2)ccc1C#CCO. The van der Waals surface area contributed by atoms with Crippen LogP contribution in [0.2, 0.25) is 0 Å². The van der Waals surface area contributed by atoms with Crippen molar-refractivity contribution in [2.45, 2.75) is 18.2 Å². The minimum Gasteiger partial charge on any atom is -0.396 e. The molecule has 0 aliphatic carbocycles. The maximum absolute atomic E-state index is 12.5. The van der Waals surface area contributed by atoms with E-state index in [0.717, 1.165) is 5.56 Å². The summed E-state index contributed by atoms with van der Waals surface area (Å²) in [5.41, 5.74) is 1.47. The molecule has 1 atom stereocenters. The summed E-state index contributed by atoms with van der Waals surface area (Å²) in [6.07, 6.45) is 0.689.